The summed E-state index contributed by atoms with van der Waals surface area (Å²) >= 11 is 3.59. The van der Waals surface area contributed by atoms with Crippen LogP contribution in [0.5, 0.6) is 0 Å². The number of anilines is 2. The van der Waals surface area contributed by atoms with Gasteiger partial charge >= 0.3 is 263 Å². The van der Waals surface area contributed by atoms with Gasteiger partial charge in [0.15, 0.2) is 0 Å². The monoisotopic (exact) mass is 667 g/mol. The minimum Gasteiger partial charge on any atom is -0.358 e. The molecule has 6 heteroatoms. The summed E-state index contributed by atoms with van der Waals surface area (Å²) in [6.45, 7) is 20.3. The van der Waals surface area contributed by atoms with E-state index in [1.54, 1.807) is 0 Å². The van der Waals surface area contributed by atoms with Crippen LogP contribution < -0.4 is 9.80 Å². The van der Waals surface area contributed by atoms with Crippen LogP contribution in [0.2, 0.25) is 0 Å². The van der Waals surface area contributed by atoms with E-state index in [4.69, 9.17) is 4.98 Å². The molecular formula is C37H47N5Pd-2. The van der Waals surface area contributed by atoms with Crippen molar-refractivity contribution in [1.82, 2.24) is 14.1 Å². The molecule has 0 fully saturated rings. The Bertz CT molecular complexity index is 1600. The van der Waals surface area contributed by atoms with E-state index in [1.807, 2.05) is 0 Å². The molecule has 2 aromatic carbocycles. The van der Waals surface area contributed by atoms with Gasteiger partial charge in [-0.2, -0.15) is 0 Å². The van der Waals surface area contributed by atoms with Gasteiger partial charge < -0.3 is 7.43 Å². The molecule has 0 saturated heterocycles. The summed E-state index contributed by atoms with van der Waals surface area (Å²) in [5, 5.41) is 0. The van der Waals surface area contributed by atoms with Crippen molar-refractivity contribution in [2.45, 2.75) is 86.0 Å². The van der Waals surface area contributed by atoms with Crippen molar-refractivity contribution in [1.29, 1.82) is 0 Å². The molecule has 0 radical (unpaired) electrons. The van der Waals surface area contributed by atoms with Crippen LogP contribution in [0.4, 0.5) is 11.5 Å². The molecule has 4 aromatic rings. The van der Waals surface area contributed by atoms with Crippen molar-refractivity contribution in [3.05, 3.63) is 119 Å². The van der Waals surface area contributed by atoms with Crippen molar-refractivity contribution < 1.29 is 18.7 Å². The topological polar surface area (TPSA) is 29.2 Å². The first-order chi connectivity index (χ1) is 20.0. The second kappa shape index (κ2) is 13.2. The molecule has 0 unspecified atom stereocenters. The van der Waals surface area contributed by atoms with Crippen molar-refractivity contribution in [3.8, 4) is 11.5 Å². The van der Waals surface area contributed by atoms with Crippen LogP contribution in [0.25, 0.3) is 11.5 Å². The number of benzene rings is 2. The fraction of sp³-hybridized carbons (Fsp3) is 0.351. The third-order valence-electron chi connectivity index (χ3n) is 8.17. The number of aromatic nitrogens is 3. The van der Waals surface area contributed by atoms with E-state index in [9.17, 15) is 0 Å². The van der Waals surface area contributed by atoms with Gasteiger partial charge in [-0.25, -0.2) is 0 Å². The van der Waals surface area contributed by atoms with Gasteiger partial charge in [-0.05, 0) is 0 Å². The number of hydrogen-bond acceptors (Lipinski definition) is 3. The summed E-state index contributed by atoms with van der Waals surface area (Å²) < 4.78 is 5.38. The number of rotatable bonds is 8. The van der Waals surface area contributed by atoms with Crippen LogP contribution in [0, 0.1) is 17.5 Å². The summed E-state index contributed by atoms with van der Waals surface area (Å²) in [5.41, 5.74) is 7.94. The molecule has 0 aliphatic carbocycles. The first kappa shape index (κ1) is 32.7. The van der Waals surface area contributed by atoms with Crippen LogP contribution in [-0.4, -0.2) is 14.1 Å². The molecule has 1 aliphatic rings. The predicted molar refractivity (Wildman–Crippen MR) is 178 cm³/mol. The van der Waals surface area contributed by atoms with Gasteiger partial charge in [0, 0.05) is 0 Å². The van der Waals surface area contributed by atoms with Crippen molar-refractivity contribution in [2.24, 2.45) is 0 Å². The summed E-state index contributed by atoms with van der Waals surface area (Å²) in [5.74, 6) is 3.42. The second-order valence-electron chi connectivity index (χ2n) is 12.4. The predicted octanol–water partition coefficient (Wildman–Crippen LogP) is 9.99. The van der Waals surface area contributed by atoms with Crippen LogP contribution in [0.3, 0.4) is 0 Å². The van der Waals surface area contributed by atoms with E-state index in [1.165, 1.54) is 33.6 Å². The van der Waals surface area contributed by atoms with Crippen LogP contribution in [0.15, 0.2) is 79.4 Å². The Morgan fingerprint density at radius 2 is 1.00 bits per heavy atom. The molecule has 0 spiro atoms. The number of nitrogens with zero attached hydrogens (tertiary/aromatic N) is 5. The molecule has 5 rings (SSSR count). The summed E-state index contributed by atoms with van der Waals surface area (Å²) in [7, 11) is 0. The molecule has 5 nitrogen and oxygen atoms in total. The minimum atomic E-state index is 0. The average Bonchev–Trinajstić information content (AvgIpc) is 3.53. The first-order valence-corrected chi connectivity index (χ1v) is 15.9. The Morgan fingerprint density at radius 1 is 0.581 bits per heavy atom. The third kappa shape index (κ3) is 6.10. The summed E-state index contributed by atoms with van der Waals surface area (Å²) in [4.78, 5) is 9.67. The quantitative estimate of drug-likeness (QED) is 0.138. The molecule has 3 heterocycles. The van der Waals surface area contributed by atoms with Gasteiger partial charge in [-0.3, -0.25) is 0 Å². The van der Waals surface area contributed by atoms with E-state index in [-0.39, 0.29) is 7.43 Å². The SMILES string of the molecule is C[C-]1N(c2cccc(-n3ccn(-c4c(C(C)C)cccc4C(C)C)[c]3=[Pd])n2)C=CN1c1c(C(C)C)cccc1C(C)C.[CH3-]. The van der Waals surface area contributed by atoms with E-state index < -0.39 is 0 Å². The molecule has 43 heavy (non-hydrogen) atoms. The first-order valence-electron chi connectivity index (χ1n) is 15.1. The second-order valence-corrected chi connectivity index (χ2v) is 13.1. The Balaban J connectivity index is 0.00000423. The molecule has 1 aliphatic heterocycles. The van der Waals surface area contributed by atoms with Gasteiger partial charge in [0.1, 0.15) is 0 Å². The van der Waals surface area contributed by atoms with E-state index >= 15 is 0 Å². The zero-order valence-electron chi connectivity index (χ0n) is 27.4. The zero-order chi connectivity index (χ0) is 30.3. The van der Waals surface area contributed by atoms with Crippen molar-refractivity contribution in [3.63, 3.8) is 0 Å². The van der Waals surface area contributed by atoms with E-state index in [0.717, 1.165) is 21.7 Å². The van der Waals surface area contributed by atoms with E-state index in [2.05, 4.69) is 179 Å². The smallest absolute Gasteiger partial charge is 0.358 e. The maximum atomic E-state index is 5.15. The molecule has 0 N–H and O–H groups in total. The summed E-state index contributed by atoms with van der Waals surface area (Å²) in [6, 6.07) is 19.6. The Hall–Kier alpha value is -3.20. The minimum absolute atomic E-state index is 0. The van der Waals surface area contributed by atoms with Gasteiger partial charge in [-0.15, -0.1) is 0 Å². The molecule has 2 aromatic heterocycles. The fourth-order valence-corrected chi connectivity index (χ4v) is 6.47. The summed E-state index contributed by atoms with van der Waals surface area (Å²) in [6.07, 6.45) is 9.67. The number of para-hydroxylation sites is 2. The van der Waals surface area contributed by atoms with E-state index in [0.29, 0.717) is 23.7 Å². The van der Waals surface area contributed by atoms with Crippen LogP contribution in [-0.2, 0) is 18.7 Å². The molecular weight excluding hydrogens is 621 g/mol. The normalized spacial score (nSPS) is 13.7. The number of pyridine rings is 1. The maximum absolute atomic E-state index is 5.15. The Morgan fingerprint density at radius 3 is 1.51 bits per heavy atom. The fourth-order valence-electron chi connectivity index (χ4n) is 5.89. The van der Waals surface area contributed by atoms with Crippen molar-refractivity contribution in [2.75, 3.05) is 9.80 Å². The molecule has 0 atom stereocenters. The number of imidazole rings is 1. The third-order valence-corrected chi connectivity index (χ3v) is 8.92. The van der Waals surface area contributed by atoms with Crippen molar-refractivity contribution >= 4 is 11.5 Å². The van der Waals surface area contributed by atoms with Crippen LogP contribution in [0.1, 0.15) is 108 Å². The van der Waals surface area contributed by atoms with Gasteiger partial charge in [0.25, 0.3) is 0 Å². The van der Waals surface area contributed by atoms with Gasteiger partial charge in [0.2, 0.25) is 0 Å². The van der Waals surface area contributed by atoms with Gasteiger partial charge in [-0.1, -0.05) is 0 Å². The standard InChI is InChI=1S/C36H44N5.CH3.Pd/c1-24(2)29-13-10-14-30(25(3)4)35(29)39-20-19-38(23-39)33-17-12-18-34(37-33)40-21-22-41(28(40)9)36-31(26(5)6)15-11-16-32(36)27(7)8;;/h10-22,24-27H,1-9H3;1H3;/q2*-1;. The molecule has 0 bridgehead atoms. The molecule has 0 saturated carbocycles. The Labute approximate surface area is 269 Å². The van der Waals surface area contributed by atoms with Crippen LogP contribution >= 0.6 is 0 Å². The zero-order valence-corrected chi connectivity index (χ0v) is 28.9. The molecule has 232 valence electrons. The number of hydrogen-bond donors (Lipinski definition) is 0. The average molecular weight is 668 g/mol. The van der Waals surface area contributed by atoms with Gasteiger partial charge in [0.05, 0.1) is 0 Å². The molecule has 0 amide bonds. The Kier molecular flexibility index (Phi) is 10.0.